The van der Waals surface area contributed by atoms with Gasteiger partial charge in [-0.25, -0.2) is 0 Å². The summed E-state index contributed by atoms with van der Waals surface area (Å²) < 4.78 is 0. The Morgan fingerprint density at radius 1 is 1.03 bits per heavy atom. The lowest BCUT2D eigenvalue weighted by molar-refractivity contribution is -0.143. The Hall–Kier alpha value is -2.62. The normalized spacial score (nSPS) is 15.7. The first kappa shape index (κ1) is 23.1. The molecule has 0 aromatic heterocycles. The van der Waals surface area contributed by atoms with Crippen molar-refractivity contribution in [2.24, 2.45) is 11.3 Å². The van der Waals surface area contributed by atoms with E-state index in [1.54, 1.807) is 7.05 Å². The van der Waals surface area contributed by atoms with E-state index in [0.29, 0.717) is 32.4 Å². The van der Waals surface area contributed by atoms with Crippen LogP contribution in [0.4, 0.5) is 0 Å². The third-order valence-electron chi connectivity index (χ3n) is 7.00. The van der Waals surface area contributed by atoms with Crippen molar-refractivity contribution in [2.75, 3.05) is 20.1 Å². The average molecular weight is 421 g/mol. The molecule has 4 nitrogen and oxygen atoms in total. The zero-order valence-corrected chi connectivity index (χ0v) is 19.4. The Balaban J connectivity index is 1.81. The molecule has 0 aliphatic carbocycles. The van der Waals surface area contributed by atoms with E-state index >= 15 is 0 Å². The van der Waals surface area contributed by atoms with E-state index in [9.17, 15) is 9.59 Å². The number of carbonyl (C=O) groups is 2. The molecule has 2 aromatic carbocycles. The van der Waals surface area contributed by atoms with E-state index in [4.69, 9.17) is 0 Å². The van der Waals surface area contributed by atoms with Crippen LogP contribution in [0, 0.1) is 18.3 Å². The number of nitrogens with one attached hydrogen (secondary N) is 1. The molecular weight excluding hydrogens is 384 g/mol. The zero-order valence-electron chi connectivity index (χ0n) is 19.4. The second kappa shape index (κ2) is 10.1. The summed E-state index contributed by atoms with van der Waals surface area (Å²) in [6, 6.07) is 16.9. The Morgan fingerprint density at radius 3 is 2.32 bits per heavy atom. The van der Waals surface area contributed by atoms with Crippen LogP contribution in [-0.2, 0) is 16.0 Å². The SMILES string of the molecule is CCC(CC)C(=O)N1CCC(Cc2cccc(-c3ccccc3C)c2)(C(=O)NC)CC1. The largest absolute Gasteiger partial charge is 0.359 e. The molecule has 0 unspecified atom stereocenters. The number of likely N-dealkylation sites (tertiary alicyclic amines) is 1. The number of amides is 2. The van der Waals surface area contributed by atoms with Gasteiger partial charge in [0, 0.05) is 26.1 Å². The maximum Gasteiger partial charge on any atom is 0.226 e. The average Bonchev–Trinajstić information content (AvgIpc) is 2.80. The first-order valence-electron chi connectivity index (χ1n) is 11.6. The maximum absolute atomic E-state index is 13.0. The number of piperidine rings is 1. The lowest BCUT2D eigenvalue weighted by Gasteiger charge is -2.41. The minimum Gasteiger partial charge on any atom is -0.359 e. The Morgan fingerprint density at radius 2 is 1.71 bits per heavy atom. The van der Waals surface area contributed by atoms with Crippen molar-refractivity contribution in [3.63, 3.8) is 0 Å². The molecule has 2 amide bonds. The molecule has 166 valence electrons. The van der Waals surface area contributed by atoms with Crippen LogP contribution < -0.4 is 5.32 Å². The van der Waals surface area contributed by atoms with Crippen molar-refractivity contribution in [1.82, 2.24) is 10.2 Å². The van der Waals surface area contributed by atoms with E-state index < -0.39 is 5.41 Å². The lowest BCUT2D eigenvalue weighted by atomic mass is 9.72. The van der Waals surface area contributed by atoms with Crippen LogP contribution in [0.25, 0.3) is 11.1 Å². The van der Waals surface area contributed by atoms with E-state index in [0.717, 1.165) is 12.8 Å². The molecule has 0 atom stereocenters. The highest BCUT2D eigenvalue weighted by atomic mass is 16.2. The molecule has 2 aromatic rings. The lowest BCUT2D eigenvalue weighted by Crippen LogP contribution is -2.51. The quantitative estimate of drug-likeness (QED) is 0.686. The minimum absolute atomic E-state index is 0.0865. The number of benzene rings is 2. The molecule has 1 aliphatic heterocycles. The molecule has 1 fully saturated rings. The van der Waals surface area contributed by atoms with Crippen LogP contribution in [-0.4, -0.2) is 36.9 Å². The van der Waals surface area contributed by atoms with Gasteiger partial charge in [0.15, 0.2) is 0 Å². The molecule has 0 spiro atoms. The van der Waals surface area contributed by atoms with Crippen LogP contribution in [0.15, 0.2) is 48.5 Å². The summed E-state index contributed by atoms with van der Waals surface area (Å²) in [6.45, 7) is 7.58. The van der Waals surface area contributed by atoms with E-state index in [1.165, 1.54) is 22.3 Å². The molecule has 3 rings (SSSR count). The summed E-state index contributed by atoms with van der Waals surface area (Å²) in [5.74, 6) is 0.429. The smallest absolute Gasteiger partial charge is 0.226 e. The summed E-state index contributed by atoms with van der Waals surface area (Å²) in [5.41, 5.74) is 4.36. The van der Waals surface area contributed by atoms with Crippen molar-refractivity contribution < 1.29 is 9.59 Å². The van der Waals surface area contributed by atoms with Crippen molar-refractivity contribution >= 4 is 11.8 Å². The fraction of sp³-hybridized carbons (Fsp3) is 0.481. The van der Waals surface area contributed by atoms with Crippen molar-refractivity contribution in [1.29, 1.82) is 0 Å². The maximum atomic E-state index is 13.0. The zero-order chi connectivity index (χ0) is 22.4. The van der Waals surface area contributed by atoms with Crippen LogP contribution in [0.3, 0.4) is 0 Å². The second-order valence-electron chi connectivity index (χ2n) is 8.89. The van der Waals surface area contributed by atoms with E-state index in [1.807, 2.05) is 4.90 Å². The monoisotopic (exact) mass is 420 g/mol. The number of hydrogen-bond donors (Lipinski definition) is 1. The number of rotatable bonds is 7. The molecule has 1 aliphatic rings. The van der Waals surface area contributed by atoms with Crippen LogP contribution >= 0.6 is 0 Å². The van der Waals surface area contributed by atoms with Gasteiger partial charge in [0.2, 0.25) is 11.8 Å². The third kappa shape index (κ3) is 5.00. The van der Waals surface area contributed by atoms with Gasteiger partial charge in [0.1, 0.15) is 0 Å². The van der Waals surface area contributed by atoms with Crippen LogP contribution in [0.2, 0.25) is 0 Å². The highest BCUT2D eigenvalue weighted by Gasteiger charge is 2.42. The highest BCUT2D eigenvalue weighted by Crippen LogP contribution is 2.37. The Labute approximate surface area is 187 Å². The number of hydrogen-bond acceptors (Lipinski definition) is 2. The standard InChI is InChI=1S/C27H36N2O2/c1-5-22(6-2)25(30)29-16-14-27(15-17-29,26(31)28-4)19-21-11-9-12-23(18-21)24-13-8-7-10-20(24)3/h7-13,18,22H,5-6,14-17,19H2,1-4H3,(H,28,31). The Kier molecular flexibility index (Phi) is 7.53. The van der Waals surface area contributed by atoms with Crippen molar-refractivity contribution in [2.45, 2.75) is 52.9 Å². The first-order chi connectivity index (χ1) is 14.9. The molecule has 4 heteroatoms. The first-order valence-corrected chi connectivity index (χ1v) is 11.6. The second-order valence-corrected chi connectivity index (χ2v) is 8.89. The summed E-state index contributed by atoms with van der Waals surface area (Å²) in [5, 5.41) is 2.90. The Bertz CT molecular complexity index is 909. The van der Waals surface area contributed by atoms with Gasteiger partial charge in [-0.15, -0.1) is 0 Å². The van der Waals surface area contributed by atoms with Crippen LogP contribution in [0.1, 0.15) is 50.7 Å². The summed E-state index contributed by atoms with van der Waals surface area (Å²) in [7, 11) is 1.72. The topological polar surface area (TPSA) is 49.4 Å². The van der Waals surface area contributed by atoms with Crippen molar-refractivity contribution in [3.05, 3.63) is 59.7 Å². The minimum atomic E-state index is -0.468. The molecule has 0 bridgehead atoms. The van der Waals surface area contributed by atoms with Gasteiger partial charge in [-0.2, -0.15) is 0 Å². The molecule has 0 saturated carbocycles. The molecule has 1 saturated heterocycles. The van der Waals surface area contributed by atoms with Gasteiger partial charge < -0.3 is 10.2 Å². The van der Waals surface area contributed by atoms with Gasteiger partial charge in [0.25, 0.3) is 0 Å². The highest BCUT2D eigenvalue weighted by molar-refractivity contribution is 5.84. The number of nitrogens with zero attached hydrogens (tertiary/aromatic N) is 1. The molecule has 1 N–H and O–H groups in total. The van der Waals surface area contributed by atoms with Gasteiger partial charge in [-0.3, -0.25) is 9.59 Å². The van der Waals surface area contributed by atoms with E-state index in [-0.39, 0.29) is 17.7 Å². The third-order valence-corrected chi connectivity index (χ3v) is 7.00. The summed E-state index contributed by atoms with van der Waals surface area (Å²) in [6.07, 6.45) is 3.84. The predicted octanol–water partition coefficient (Wildman–Crippen LogP) is 5.00. The molecule has 31 heavy (non-hydrogen) atoms. The fourth-order valence-electron chi connectivity index (χ4n) is 4.94. The van der Waals surface area contributed by atoms with Gasteiger partial charge in [-0.05, 0) is 61.3 Å². The van der Waals surface area contributed by atoms with E-state index in [2.05, 4.69) is 74.6 Å². The molecule has 0 radical (unpaired) electrons. The van der Waals surface area contributed by atoms with Gasteiger partial charge >= 0.3 is 0 Å². The predicted molar refractivity (Wildman–Crippen MR) is 127 cm³/mol. The number of carbonyl (C=O) groups excluding carboxylic acids is 2. The fourth-order valence-corrected chi connectivity index (χ4v) is 4.94. The van der Waals surface area contributed by atoms with Crippen LogP contribution in [0.5, 0.6) is 0 Å². The summed E-state index contributed by atoms with van der Waals surface area (Å²) >= 11 is 0. The van der Waals surface area contributed by atoms with Gasteiger partial charge in [0.05, 0.1) is 5.41 Å². The summed E-state index contributed by atoms with van der Waals surface area (Å²) in [4.78, 5) is 27.8. The van der Waals surface area contributed by atoms with Gasteiger partial charge in [-0.1, -0.05) is 62.4 Å². The van der Waals surface area contributed by atoms with Crippen molar-refractivity contribution in [3.8, 4) is 11.1 Å². The number of aryl methyl sites for hydroxylation is 1. The molecule has 1 heterocycles. The molecular formula is C27H36N2O2.